The third kappa shape index (κ3) is 2.34. The van der Waals surface area contributed by atoms with Gasteiger partial charge in [-0.2, -0.15) is 4.98 Å². The fourth-order valence-electron chi connectivity index (χ4n) is 2.49. The van der Waals surface area contributed by atoms with Crippen molar-refractivity contribution in [3.63, 3.8) is 0 Å². The van der Waals surface area contributed by atoms with Crippen molar-refractivity contribution < 1.29 is 18.7 Å². The number of rotatable bonds is 3. The van der Waals surface area contributed by atoms with Gasteiger partial charge in [-0.3, -0.25) is 0 Å². The van der Waals surface area contributed by atoms with Crippen molar-refractivity contribution in [2.45, 2.75) is 0 Å². The minimum Gasteiger partial charge on any atom is -0.465 e. The van der Waals surface area contributed by atoms with E-state index in [2.05, 4.69) is 9.97 Å². The van der Waals surface area contributed by atoms with Crippen LogP contribution in [0.2, 0.25) is 0 Å². The number of carbonyl (C=O) groups is 1. The summed E-state index contributed by atoms with van der Waals surface area (Å²) in [5.41, 5.74) is 2.24. The summed E-state index contributed by atoms with van der Waals surface area (Å²) in [4.78, 5) is 20.0. The Labute approximate surface area is 136 Å². The lowest BCUT2D eigenvalue weighted by molar-refractivity contribution is 0.0600. The van der Waals surface area contributed by atoms with Crippen LogP contribution < -0.4 is 4.74 Å². The summed E-state index contributed by atoms with van der Waals surface area (Å²) in [6.07, 6.45) is 1.42. The van der Waals surface area contributed by atoms with E-state index in [0.717, 1.165) is 5.39 Å². The summed E-state index contributed by atoms with van der Waals surface area (Å²) in [6.45, 7) is 0. The van der Waals surface area contributed by atoms with E-state index in [4.69, 9.17) is 13.9 Å². The summed E-state index contributed by atoms with van der Waals surface area (Å²) < 4.78 is 16.3. The molecule has 0 spiro atoms. The highest BCUT2D eigenvalue weighted by molar-refractivity contribution is 6.03. The van der Waals surface area contributed by atoms with Crippen LogP contribution in [0.15, 0.2) is 59.3 Å². The first-order chi connectivity index (χ1) is 11.8. The summed E-state index contributed by atoms with van der Waals surface area (Å²) in [6, 6.07) is 14.3. The molecule has 0 aliphatic carbocycles. The van der Waals surface area contributed by atoms with Gasteiger partial charge in [0.25, 0.3) is 5.88 Å². The second-order valence-corrected chi connectivity index (χ2v) is 5.08. The van der Waals surface area contributed by atoms with Crippen molar-refractivity contribution in [3.05, 3.63) is 60.4 Å². The number of carbonyl (C=O) groups excluding carboxylic acids is 1. The van der Waals surface area contributed by atoms with Crippen LogP contribution in [0.1, 0.15) is 10.4 Å². The molecule has 0 saturated carbocycles. The number of hydrogen-bond acceptors (Lipinski definition) is 6. The van der Waals surface area contributed by atoms with Gasteiger partial charge >= 0.3 is 5.97 Å². The van der Waals surface area contributed by atoms with Gasteiger partial charge in [0, 0.05) is 5.39 Å². The van der Waals surface area contributed by atoms with E-state index in [1.807, 2.05) is 24.3 Å². The zero-order valence-electron chi connectivity index (χ0n) is 12.7. The molecule has 2 heterocycles. The van der Waals surface area contributed by atoms with Gasteiger partial charge in [-0.15, -0.1) is 0 Å². The maximum Gasteiger partial charge on any atom is 0.337 e. The number of fused-ring (bicyclic) bond motifs is 3. The van der Waals surface area contributed by atoms with Crippen molar-refractivity contribution in [2.24, 2.45) is 0 Å². The second-order valence-electron chi connectivity index (χ2n) is 5.08. The Bertz CT molecular complexity index is 1060. The number of esters is 1. The monoisotopic (exact) mass is 320 g/mol. The first-order valence-electron chi connectivity index (χ1n) is 7.25. The molecule has 0 atom stereocenters. The summed E-state index contributed by atoms with van der Waals surface area (Å²) in [7, 11) is 1.33. The fraction of sp³-hybridized carbons (Fsp3) is 0.0556. The number of furan rings is 1. The number of nitrogens with zero attached hydrogens (tertiary/aromatic N) is 2. The van der Waals surface area contributed by atoms with Crippen LogP contribution >= 0.6 is 0 Å². The molecule has 0 aliphatic heterocycles. The van der Waals surface area contributed by atoms with E-state index in [9.17, 15) is 4.79 Å². The highest BCUT2D eigenvalue weighted by Crippen LogP contribution is 2.33. The van der Waals surface area contributed by atoms with Crippen LogP contribution in [0.25, 0.3) is 22.1 Å². The fourth-order valence-corrected chi connectivity index (χ4v) is 2.49. The van der Waals surface area contributed by atoms with Crippen LogP contribution in [0.5, 0.6) is 11.6 Å². The van der Waals surface area contributed by atoms with Crippen LogP contribution in [-0.4, -0.2) is 23.0 Å². The maximum atomic E-state index is 11.6. The van der Waals surface area contributed by atoms with E-state index in [0.29, 0.717) is 33.9 Å². The largest absolute Gasteiger partial charge is 0.465 e. The maximum absolute atomic E-state index is 11.6. The number of methoxy groups -OCH3 is 1. The van der Waals surface area contributed by atoms with Crippen LogP contribution in [0.4, 0.5) is 0 Å². The standard InChI is InChI=1S/C18H12N2O4/c1-22-18(21)11-5-4-6-12(9-11)23-17-16-15(19-10-20-17)13-7-2-3-8-14(13)24-16/h2-10H,1H3. The van der Waals surface area contributed by atoms with E-state index in [1.54, 1.807) is 24.3 Å². The Morgan fingerprint density at radius 3 is 2.83 bits per heavy atom. The van der Waals surface area contributed by atoms with Crippen molar-refractivity contribution in [1.29, 1.82) is 0 Å². The third-order valence-corrected chi connectivity index (χ3v) is 3.60. The van der Waals surface area contributed by atoms with Gasteiger partial charge in [-0.1, -0.05) is 18.2 Å². The molecule has 0 bridgehead atoms. The predicted octanol–water partition coefficient (Wildman–Crippen LogP) is 3.95. The molecule has 6 heteroatoms. The summed E-state index contributed by atoms with van der Waals surface area (Å²) in [5, 5.41) is 0.892. The lowest BCUT2D eigenvalue weighted by Crippen LogP contribution is -2.01. The highest BCUT2D eigenvalue weighted by atomic mass is 16.5. The molecule has 0 amide bonds. The van der Waals surface area contributed by atoms with Gasteiger partial charge < -0.3 is 13.9 Å². The van der Waals surface area contributed by atoms with E-state index in [1.165, 1.54) is 13.4 Å². The number of para-hydroxylation sites is 1. The van der Waals surface area contributed by atoms with E-state index < -0.39 is 5.97 Å². The number of ether oxygens (including phenoxy) is 2. The van der Waals surface area contributed by atoms with Gasteiger partial charge in [0.15, 0.2) is 0 Å². The molecule has 0 radical (unpaired) electrons. The molecule has 0 saturated heterocycles. The zero-order chi connectivity index (χ0) is 16.5. The SMILES string of the molecule is COC(=O)c1cccc(Oc2ncnc3c2oc2ccccc23)c1. The Balaban J connectivity index is 1.79. The Morgan fingerprint density at radius 2 is 1.96 bits per heavy atom. The highest BCUT2D eigenvalue weighted by Gasteiger charge is 2.15. The lowest BCUT2D eigenvalue weighted by Gasteiger charge is -2.06. The average Bonchev–Trinajstić information content (AvgIpc) is 3.01. The number of aromatic nitrogens is 2. The minimum absolute atomic E-state index is 0.290. The average molecular weight is 320 g/mol. The molecule has 0 fully saturated rings. The predicted molar refractivity (Wildman–Crippen MR) is 87.2 cm³/mol. The molecular formula is C18H12N2O4. The van der Waals surface area contributed by atoms with Crippen molar-refractivity contribution in [2.75, 3.05) is 7.11 Å². The van der Waals surface area contributed by atoms with Crippen molar-refractivity contribution in [1.82, 2.24) is 9.97 Å². The van der Waals surface area contributed by atoms with Gasteiger partial charge in [-0.25, -0.2) is 9.78 Å². The summed E-state index contributed by atoms with van der Waals surface area (Å²) >= 11 is 0. The molecule has 0 N–H and O–H groups in total. The summed E-state index contributed by atoms with van der Waals surface area (Å²) in [5.74, 6) is 0.314. The smallest absolute Gasteiger partial charge is 0.337 e. The van der Waals surface area contributed by atoms with Crippen LogP contribution in [-0.2, 0) is 4.74 Å². The van der Waals surface area contributed by atoms with E-state index >= 15 is 0 Å². The quantitative estimate of drug-likeness (QED) is 0.532. The van der Waals surface area contributed by atoms with Crippen LogP contribution in [0.3, 0.4) is 0 Å². The molecule has 0 aliphatic rings. The second kappa shape index (κ2) is 5.66. The number of benzene rings is 2. The Kier molecular flexibility index (Phi) is 3.35. The zero-order valence-corrected chi connectivity index (χ0v) is 12.7. The molecule has 2 aromatic heterocycles. The molecule has 118 valence electrons. The Morgan fingerprint density at radius 1 is 1.08 bits per heavy atom. The van der Waals surface area contributed by atoms with Crippen molar-refractivity contribution >= 4 is 28.0 Å². The minimum atomic E-state index is -0.433. The van der Waals surface area contributed by atoms with Gasteiger partial charge in [0.1, 0.15) is 23.2 Å². The van der Waals surface area contributed by atoms with Gasteiger partial charge in [0.2, 0.25) is 5.58 Å². The Hall–Kier alpha value is -3.41. The first kappa shape index (κ1) is 14.2. The molecule has 0 unspecified atom stereocenters. The molecule has 6 nitrogen and oxygen atoms in total. The lowest BCUT2D eigenvalue weighted by atomic mass is 10.2. The molecule has 4 aromatic rings. The topological polar surface area (TPSA) is 74.5 Å². The molecule has 2 aromatic carbocycles. The molecular weight excluding hydrogens is 308 g/mol. The van der Waals surface area contributed by atoms with E-state index in [-0.39, 0.29) is 0 Å². The first-order valence-corrected chi connectivity index (χ1v) is 7.25. The van der Waals surface area contributed by atoms with Crippen molar-refractivity contribution in [3.8, 4) is 11.6 Å². The molecule has 24 heavy (non-hydrogen) atoms. The third-order valence-electron chi connectivity index (χ3n) is 3.60. The normalized spacial score (nSPS) is 10.9. The van der Waals surface area contributed by atoms with Gasteiger partial charge in [0.05, 0.1) is 12.7 Å². The molecule has 4 rings (SSSR count). The van der Waals surface area contributed by atoms with Crippen LogP contribution in [0, 0.1) is 0 Å². The number of hydrogen-bond donors (Lipinski definition) is 0. The van der Waals surface area contributed by atoms with Gasteiger partial charge in [-0.05, 0) is 30.3 Å².